The lowest BCUT2D eigenvalue weighted by Gasteiger charge is -2.15. The second-order valence-corrected chi connectivity index (χ2v) is 6.77. The fraction of sp³-hybridized carbons (Fsp3) is 0.182. The number of para-hydroxylation sites is 2. The number of aromatic nitrogens is 1. The summed E-state index contributed by atoms with van der Waals surface area (Å²) in [6.07, 6.45) is 3.22. The third-order valence-corrected chi connectivity index (χ3v) is 4.16. The number of carbonyl (C=O) groups is 1. The highest BCUT2D eigenvalue weighted by Gasteiger charge is 2.15. The summed E-state index contributed by atoms with van der Waals surface area (Å²) in [6.45, 7) is 4.13. The fourth-order valence-electron chi connectivity index (χ4n) is 2.89. The maximum atomic E-state index is 12.7. The van der Waals surface area contributed by atoms with Gasteiger partial charge in [0.1, 0.15) is 5.75 Å². The van der Waals surface area contributed by atoms with Gasteiger partial charge in [0.05, 0.1) is 29.2 Å². The van der Waals surface area contributed by atoms with Crippen LogP contribution in [0.5, 0.6) is 17.2 Å². The summed E-state index contributed by atoms with van der Waals surface area (Å²) in [5.41, 5.74) is 2.53. The van der Waals surface area contributed by atoms with Gasteiger partial charge in [-0.3, -0.25) is 9.78 Å². The SMILES string of the molecule is CC(C)Oc1ccccc1Nc1cncc(C(=O)Nc2ccc3c(c2)OCO3)c1. The molecule has 4 rings (SSSR count). The molecule has 0 aliphatic carbocycles. The number of rotatable bonds is 6. The van der Waals surface area contributed by atoms with Crippen molar-refractivity contribution >= 4 is 23.0 Å². The van der Waals surface area contributed by atoms with E-state index in [1.165, 1.54) is 6.20 Å². The molecule has 7 nitrogen and oxygen atoms in total. The second-order valence-electron chi connectivity index (χ2n) is 6.77. The third kappa shape index (κ3) is 4.40. The number of pyridine rings is 1. The lowest BCUT2D eigenvalue weighted by atomic mass is 10.2. The van der Waals surface area contributed by atoms with E-state index in [0.717, 1.165) is 11.4 Å². The van der Waals surface area contributed by atoms with E-state index >= 15 is 0 Å². The van der Waals surface area contributed by atoms with Crippen molar-refractivity contribution in [3.63, 3.8) is 0 Å². The maximum absolute atomic E-state index is 12.7. The van der Waals surface area contributed by atoms with Crippen LogP contribution in [0.2, 0.25) is 0 Å². The van der Waals surface area contributed by atoms with Crippen molar-refractivity contribution in [2.45, 2.75) is 20.0 Å². The Hall–Kier alpha value is -3.74. The standard InChI is InChI=1S/C22H21N3O4/c1-14(2)29-19-6-4-3-5-18(19)24-17-9-15(11-23-12-17)22(26)25-16-7-8-20-21(10-16)28-13-27-20/h3-12,14,24H,13H2,1-2H3,(H,25,26). The van der Waals surface area contributed by atoms with Crippen LogP contribution in [-0.2, 0) is 0 Å². The Morgan fingerprint density at radius 1 is 1.03 bits per heavy atom. The van der Waals surface area contributed by atoms with Gasteiger partial charge in [-0.15, -0.1) is 0 Å². The van der Waals surface area contributed by atoms with E-state index in [0.29, 0.717) is 28.4 Å². The van der Waals surface area contributed by atoms with E-state index < -0.39 is 0 Å². The Kier molecular flexibility index (Phi) is 5.20. The normalized spacial score (nSPS) is 12.0. The van der Waals surface area contributed by atoms with Crippen LogP contribution in [0.15, 0.2) is 60.9 Å². The first-order valence-electron chi connectivity index (χ1n) is 9.27. The summed E-state index contributed by atoms with van der Waals surface area (Å²) in [5.74, 6) is 1.74. The van der Waals surface area contributed by atoms with Crippen molar-refractivity contribution < 1.29 is 19.0 Å². The van der Waals surface area contributed by atoms with Gasteiger partial charge in [-0.2, -0.15) is 0 Å². The number of benzene rings is 2. The molecule has 2 N–H and O–H groups in total. The lowest BCUT2D eigenvalue weighted by Crippen LogP contribution is -2.12. The molecule has 148 valence electrons. The number of anilines is 3. The Morgan fingerprint density at radius 2 is 1.86 bits per heavy atom. The Morgan fingerprint density at radius 3 is 2.72 bits per heavy atom. The highest BCUT2D eigenvalue weighted by Crippen LogP contribution is 2.34. The lowest BCUT2D eigenvalue weighted by molar-refractivity contribution is 0.102. The first kappa shape index (κ1) is 18.6. The Labute approximate surface area is 168 Å². The number of hydrogen-bond acceptors (Lipinski definition) is 6. The highest BCUT2D eigenvalue weighted by molar-refractivity contribution is 6.04. The van der Waals surface area contributed by atoms with Crippen LogP contribution >= 0.6 is 0 Å². The molecule has 1 aliphatic heterocycles. The molecular formula is C22H21N3O4. The number of nitrogens with zero attached hydrogens (tertiary/aromatic N) is 1. The van der Waals surface area contributed by atoms with E-state index in [1.54, 1.807) is 30.5 Å². The summed E-state index contributed by atoms with van der Waals surface area (Å²) in [5, 5.41) is 6.12. The Balaban J connectivity index is 1.49. The molecule has 0 radical (unpaired) electrons. The average molecular weight is 391 g/mol. The molecule has 2 heterocycles. The molecule has 2 aromatic carbocycles. The molecule has 0 saturated heterocycles. The van der Waals surface area contributed by atoms with Crippen LogP contribution in [0.25, 0.3) is 0 Å². The number of nitrogens with one attached hydrogen (secondary N) is 2. The molecular weight excluding hydrogens is 370 g/mol. The largest absolute Gasteiger partial charge is 0.489 e. The molecule has 1 amide bonds. The van der Waals surface area contributed by atoms with E-state index in [4.69, 9.17) is 14.2 Å². The number of fused-ring (bicyclic) bond motifs is 1. The van der Waals surface area contributed by atoms with Crippen LogP contribution in [0, 0.1) is 0 Å². The quantitative estimate of drug-likeness (QED) is 0.639. The molecule has 0 spiro atoms. The van der Waals surface area contributed by atoms with E-state index in [1.807, 2.05) is 38.1 Å². The zero-order valence-electron chi connectivity index (χ0n) is 16.1. The average Bonchev–Trinajstić information content (AvgIpc) is 3.17. The molecule has 7 heteroatoms. The van der Waals surface area contributed by atoms with Crippen molar-refractivity contribution in [1.29, 1.82) is 0 Å². The van der Waals surface area contributed by atoms with Gasteiger partial charge in [0.15, 0.2) is 11.5 Å². The molecule has 0 fully saturated rings. The minimum absolute atomic E-state index is 0.0508. The molecule has 0 atom stereocenters. The van der Waals surface area contributed by atoms with E-state index in [-0.39, 0.29) is 18.8 Å². The van der Waals surface area contributed by atoms with Crippen molar-refractivity contribution in [2.24, 2.45) is 0 Å². The van der Waals surface area contributed by atoms with E-state index in [2.05, 4.69) is 15.6 Å². The van der Waals surface area contributed by atoms with Crippen LogP contribution in [0.1, 0.15) is 24.2 Å². The predicted octanol–water partition coefficient (Wildman–Crippen LogP) is 4.59. The topological polar surface area (TPSA) is 81.7 Å². The van der Waals surface area contributed by atoms with Crippen LogP contribution in [0.4, 0.5) is 17.1 Å². The minimum atomic E-state index is -0.272. The summed E-state index contributed by atoms with van der Waals surface area (Å²) >= 11 is 0. The van der Waals surface area contributed by atoms with Crippen LogP contribution < -0.4 is 24.8 Å². The van der Waals surface area contributed by atoms with Crippen molar-refractivity contribution in [3.05, 3.63) is 66.5 Å². The highest BCUT2D eigenvalue weighted by atomic mass is 16.7. The van der Waals surface area contributed by atoms with Gasteiger partial charge >= 0.3 is 0 Å². The zero-order valence-corrected chi connectivity index (χ0v) is 16.1. The summed E-state index contributed by atoms with van der Waals surface area (Å²) < 4.78 is 16.5. The molecule has 0 bridgehead atoms. The summed E-state index contributed by atoms with van der Waals surface area (Å²) in [6, 6.07) is 14.6. The van der Waals surface area contributed by atoms with Crippen molar-refractivity contribution in [1.82, 2.24) is 4.98 Å². The smallest absolute Gasteiger partial charge is 0.257 e. The van der Waals surface area contributed by atoms with Crippen LogP contribution in [-0.4, -0.2) is 23.8 Å². The van der Waals surface area contributed by atoms with Crippen molar-refractivity contribution in [2.75, 3.05) is 17.4 Å². The molecule has 1 aromatic heterocycles. The zero-order chi connectivity index (χ0) is 20.2. The second kappa shape index (κ2) is 8.10. The monoisotopic (exact) mass is 391 g/mol. The molecule has 0 saturated carbocycles. The third-order valence-electron chi connectivity index (χ3n) is 4.16. The van der Waals surface area contributed by atoms with E-state index in [9.17, 15) is 4.79 Å². The van der Waals surface area contributed by atoms with Gasteiger partial charge < -0.3 is 24.8 Å². The summed E-state index contributed by atoms with van der Waals surface area (Å²) in [4.78, 5) is 16.8. The first-order chi connectivity index (χ1) is 14.1. The number of ether oxygens (including phenoxy) is 3. The number of carbonyl (C=O) groups excluding carboxylic acids is 1. The first-order valence-corrected chi connectivity index (χ1v) is 9.27. The number of amides is 1. The molecule has 1 aliphatic rings. The summed E-state index contributed by atoms with van der Waals surface area (Å²) in [7, 11) is 0. The predicted molar refractivity (Wildman–Crippen MR) is 110 cm³/mol. The van der Waals surface area contributed by atoms with Gasteiger partial charge in [0, 0.05) is 18.0 Å². The molecule has 29 heavy (non-hydrogen) atoms. The van der Waals surface area contributed by atoms with Gasteiger partial charge in [0.25, 0.3) is 5.91 Å². The fourth-order valence-corrected chi connectivity index (χ4v) is 2.89. The minimum Gasteiger partial charge on any atom is -0.489 e. The molecule has 0 unspecified atom stereocenters. The Bertz CT molecular complexity index is 1040. The maximum Gasteiger partial charge on any atom is 0.257 e. The van der Waals surface area contributed by atoms with Gasteiger partial charge in [-0.05, 0) is 44.2 Å². The van der Waals surface area contributed by atoms with Crippen molar-refractivity contribution in [3.8, 4) is 17.2 Å². The number of hydrogen-bond donors (Lipinski definition) is 2. The van der Waals surface area contributed by atoms with Gasteiger partial charge in [0.2, 0.25) is 6.79 Å². The molecule has 3 aromatic rings. The van der Waals surface area contributed by atoms with Crippen LogP contribution in [0.3, 0.4) is 0 Å². The van der Waals surface area contributed by atoms with Gasteiger partial charge in [-0.25, -0.2) is 0 Å². The van der Waals surface area contributed by atoms with Gasteiger partial charge in [-0.1, -0.05) is 12.1 Å².